The number of urea groups is 1. The van der Waals surface area contributed by atoms with Gasteiger partial charge in [0.05, 0.1) is 25.4 Å². The number of nitrogens with zero attached hydrogens (tertiary/aromatic N) is 4. The maximum atomic E-state index is 12.4. The number of aryl methyl sites for hydroxylation is 1. The van der Waals surface area contributed by atoms with Crippen molar-refractivity contribution in [2.75, 3.05) is 51.3 Å². The second kappa shape index (κ2) is 8.50. The lowest BCUT2D eigenvalue weighted by Gasteiger charge is -2.35. The first-order valence-corrected chi connectivity index (χ1v) is 9.03. The summed E-state index contributed by atoms with van der Waals surface area (Å²) >= 11 is 0. The first-order valence-electron chi connectivity index (χ1n) is 9.03. The molecular weight excluding hydrogens is 338 g/mol. The van der Waals surface area contributed by atoms with Crippen LogP contribution < -0.4 is 15.8 Å². The van der Waals surface area contributed by atoms with E-state index < -0.39 is 0 Å². The number of carbonyl (C=O) groups is 1. The van der Waals surface area contributed by atoms with Crippen molar-refractivity contribution < 1.29 is 14.3 Å². The standard InChI is InChI=1S/C17H27N5O4/c1-20-6-5-18-15(16(20)23)21(2)11-14-12-22(7-9-26-14)17(24)19-10-13-4-3-8-25-13/h5-6,13-14H,3-4,7-12H2,1-2H3,(H,19,24)/t13-,14-/m0/s1. The van der Waals surface area contributed by atoms with E-state index in [0.29, 0.717) is 38.6 Å². The monoisotopic (exact) mass is 365 g/mol. The molecule has 1 aromatic heterocycles. The van der Waals surface area contributed by atoms with Crippen LogP contribution in [0, 0.1) is 0 Å². The molecule has 0 radical (unpaired) electrons. The summed E-state index contributed by atoms with van der Waals surface area (Å²) in [6, 6.07) is -0.0924. The molecule has 1 aromatic rings. The Labute approximate surface area is 152 Å². The summed E-state index contributed by atoms with van der Waals surface area (Å²) in [7, 11) is 3.50. The Balaban J connectivity index is 1.51. The molecule has 0 aliphatic carbocycles. The Hall–Kier alpha value is -2.13. The summed E-state index contributed by atoms with van der Waals surface area (Å²) in [6.45, 7) is 3.33. The highest BCUT2D eigenvalue weighted by Gasteiger charge is 2.27. The molecule has 2 amide bonds. The van der Waals surface area contributed by atoms with Crippen LogP contribution in [0.3, 0.4) is 0 Å². The number of rotatable bonds is 5. The minimum absolute atomic E-state index is 0.0924. The van der Waals surface area contributed by atoms with Gasteiger partial charge >= 0.3 is 6.03 Å². The molecule has 1 N–H and O–H groups in total. The first-order chi connectivity index (χ1) is 12.5. The largest absolute Gasteiger partial charge is 0.376 e. The van der Waals surface area contributed by atoms with E-state index in [4.69, 9.17) is 9.47 Å². The molecule has 3 heterocycles. The van der Waals surface area contributed by atoms with Crippen LogP contribution >= 0.6 is 0 Å². The van der Waals surface area contributed by atoms with Gasteiger partial charge in [0.25, 0.3) is 5.56 Å². The number of nitrogens with one attached hydrogen (secondary N) is 1. The van der Waals surface area contributed by atoms with E-state index in [1.54, 1.807) is 29.2 Å². The zero-order chi connectivity index (χ0) is 18.5. The molecule has 2 aliphatic rings. The fourth-order valence-electron chi connectivity index (χ4n) is 3.27. The molecule has 9 heteroatoms. The molecule has 26 heavy (non-hydrogen) atoms. The molecule has 2 fully saturated rings. The Morgan fingerprint density at radius 3 is 2.96 bits per heavy atom. The van der Waals surface area contributed by atoms with Crippen LogP contribution in [-0.4, -0.2) is 79.1 Å². The van der Waals surface area contributed by atoms with E-state index in [0.717, 1.165) is 19.4 Å². The van der Waals surface area contributed by atoms with Crippen molar-refractivity contribution in [2.24, 2.45) is 7.05 Å². The number of hydrogen-bond donors (Lipinski definition) is 1. The van der Waals surface area contributed by atoms with E-state index in [1.807, 2.05) is 7.05 Å². The molecule has 2 aliphatic heterocycles. The minimum Gasteiger partial charge on any atom is -0.376 e. The molecule has 144 valence electrons. The fourth-order valence-corrected chi connectivity index (χ4v) is 3.27. The molecule has 0 bridgehead atoms. The summed E-state index contributed by atoms with van der Waals surface area (Å²) in [5.41, 5.74) is -0.156. The number of anilines is 1. The summed E-state index contributed by atoms with van der Waals surface area (Å²) in [4.78, 5) is 32.2. The van der Waals surface area contributed by atoms with E-state index in [9.17, 15) is 9.59 Å². The van der Waals surface area contributed by atoms with Crippen LogP contribution in [0.4, 0.5) is 10.6 Å². The van der Waals surface area contributed by atoms with Crippen molar-refractivity contribution in [3.63, 3.8) is 0 Å². The Morgan fingerprint density at radius 1 is 1.38 bits per heavy atom. The molecule has 2 atom stereocenters. The van der Waals surface area contributed by atoms with Crippen molar-refractivity contribution in [3.8, 4) is 0 Å². The van der Waals surface area contributed by atoms with Crippen molar-refractivity contribution in [1.29, 1.82) is 0 Å². The number of morpholine rings is 1. The van der Waals surface area contributed by atoms with Crippen LogP contribution in [0.1, 0.15) is 12.8 Å². The normalized spacial score (nSPS) is 23.1. The average molecular weight is 365 g/mol. The van der Waals surface area contributed by atoms with Gasteiger partial charge in [0.1, 0.15) is 0 Å². The van der Waals surface area contributed by atoms with Gasteiger partial charge in [-0.25, -0.2) is 9.78 Å². The second-order valence-electron chi connectivity index (χ2n) is 6.81. The molecule has 0 spiro atoms. The maximum absolute atomic E-state index is 12.4. The number of aromatic nitrogens is 2. The molecule has 9 nitrogen and oxygen atoms in total. The highest BCUT2D eigenvalue weighted by molar-refractivity contribution is 5.74. The topological polar surface area (TPSA) is 88.9 Å². The van der Waals surface area contributed by atoms with Crippen molar-refractivity contribution in [1.82, 2.24) is 19.8 Å². The molecule has 0 unspecified atom stereocenters. The lowest BCUT2D eigenvalue weighted by molar-refractivity contribution is -0.00959. The van der Waals surface area contributed by atoms with E-state index in [2.05, 4.69) is 10.3 Å². The van der Waals surface area contributed by atoms with Crippen LogP contribution in [0.2, 0.25) is 0 Å². The third kappa shape index (κ3) is 4.53. The predicted molar refractivity (Wildman–Crippen MR) is 96.4 cm³/mol. The Bertz CT molecular complexity index is 673. The molecular formula is C17H27N5O4. The lowest BCUT2D eigenvalue weighted by Crippen LogP contribution is -2.53. The summed E-state index contributed by atoms with van der Waals surface area (Å²) in [6.07, 6.45) is 5.22. The summed E-state index contributed by atoms with van der Waals surface area (Å²) in [5.74, 6) is 0.374. The second-order valence-corrected chi connectivity index (χ2v) is 6.81. The van der Waals surface area contributed by atoms with Crippen molar-refractivity contribution in [3.05, 3.63) is 22.7 Å². The third-order valence-corrected chi connectivity index (χ3v) is 4.77. The maximum Gasteiger partial charge on any atom is 0.317 e. The SMILES string of the molecule is CN(C[C@H]1CN(C(=O)NC[C@@H]2CCCO2)CCO1)c1nccn(C)c1=O. The first kappa shape index (κ1) is 18.7. The van der Waals surface area contributed by atoms with Gasteiger partial charge in [0.2, 0.25) is 0 Å². The van der Waals surface area contributed by atoms with Gasteiger partial charge in [-0.1, -0.05) is 0 Å². The van der Waals surface area contributed by atoms with Crippen LogP contribution in [0.5, 0.6) is 0 Å². The van der Waals surface area contributed by atoms with Gasteiger partial charge in [-0.2, -0.15) is 0 Å². The van der Waals surface area contributed by atoms with E-state index in [-0.39, 0.29) is 23.8 Å². The van der Waals surface area contributed by atoms with Gasteiger partial charge in [-0.15, -0.1) is 0 Å². The lowest BCUT2D eigenvalue weighted by atomic mass is 10.2. The highest BCUT2D eigenvalue weighted by Crippen LogP contribution is 2.12. The zero-order valence-corrected chi connectivity index (χ0v) is 15.4. The average Bonchev–Trinajstić information content (AvgIpc) is 3.15. The Kier molecular flexibility index (Phi) is 6.10. The molecule has 0 aromatic carbocycles. The number of carbonyl (C=O) groups excluding carboxylic acids is 1. The van der Waals surface area contributed by atoms with Gasteiger partial charge in [-0.3, -0.25) is 4.79 Å². The van der Waals surface area contributed by atoms with Crippen molar-refractivity contribution in [2.45, 2.75) is 25.0 Å². The van der Waals surface area contributed by atoms with Crippen molar-refractivity contribution >= 4 is 11.8 Å². The molecule has 3 rings (SSSR count). The van der Waals surface area contributed by atoms with Crippen LogP contribution in [0.15, 0.2) is 17.2 Å². The van der Waals surface area contributed by atoms with Gasteiger partial charge in [0.15, 0.2) is 5.82 Å². The summed E-state index contributed by atoms with van der Waals surface area (Å²) in [5, 5.41) is 2.94. The number of hydrogen-bond acceptors (Lipinski definition) is 6. The van der Waals surface area contributed by atoms with E-state index >= 15 is 0 Å². The number of ether oxygens (including phenoxy) is 2. The Morgan fingerprint density at radius 2 is 2.19 bits per heavy atom. The van der Waals surface area contributed by atoms with Crippen LogP contribution in [-0.2, 0) is 16.5 Å². The van der Waals surface area contributed by atoms with Gasteiger partial charge in [0, 0.05) is 52.7 Å². The third-order valence-electron chi connectivity index (χ3n) is 4.77. The highest BCUT2D eigenvalue weighted by atomic mass is 16.5. The quantitative estimate of drug-likeness (QED) is 0.778. The number of amides is 2. The molecule has 2 saturated heterocycles. The van der Waals surface area contributed by atoms with Gasteiger partial charge in [-0.05, 0) is 12.8 Å². The van der Waals surface area contributed by atoms with Crippen LogP contribution in [0.25, 0.3) is 0 Å². The van der Waals surface area contributed by atoms with Gasteiger partial charge < -0.3 is 29.2 Å². The predicted octanol–water partition coefficient (Wildman–Crippen LogP) is -0.194. The smallest absolute Gasteiger partial charge is 0.317 e. The summed E-state index contributed by atoms with van der Waals surface area (Å²) < 4.78 is 12.8. The number of likely N-dealkylation sites (N-methyl/N-ethyl adjacent to an activating group) is 1. The molecule has 0 saturated carbocycles. The van der Waals surface area contributed by atoms with E-state index in [1.165, 1.54) is 4.57 Å². The fraction of sp³-hybridized carbons (Fsp3) is 0.706. The minimum atomic E-state index is -0.172. The zero-order valence-electron chi connectivity index (χ0n) is 15.4.